The smallest absolute Gasteiger partial charge is 0.245 e. The number of amides is 2. The Morgan fingerprint density at radius 1 is 1.06 bits per heavy atom. The molecule has 3 aliphatic rings. The summed E-state index contributed by atoms with van der Waals surface area (Å²) in [4.78, 5) is 32.9. The number of hydrogen-bond donors (Lipinski definition) is 1. The van der Waals surface area contributed by atoms with Crippen molar-refractivity contribution in [2.75, 3.05) is 63.9 Å². The van der Waals surface area contributed by atoms with E-state index in [9.17, 15) is 9.59 Å². The van der Waals surface area contributed by atoms with E-state index in [4.69, 9.17) is 4.74 Å². The van der Waals surface area contributed by atoms with Crippen LogP contribution in [0.1, 0.15) is 45.4 Å². The maximum Gasteiger partial charge on any atom is 0.245 e. The van der Waals surface area contributed by atoms with Crippen molar-refractivity contribution in [3.05, 3.63) is 24.3 Å². The molecular weight excluding hydrogens is 404 g/mol. The maximum atomic E-state index is 12.8. The minimum atomic E-state index is -0.194. The molecule has 0 unspecified atom stereocenters. The van der Waals surface area contributed by atoms with Gasteiger partial charge in [-0.1, -0.05) is 25.5 Å². The molecule has 7 nitrogen and oxygen atoms in total. The van der Waals surface area contributed by atoms with E-state index in [-0.39, 0.29) is 24.4 Å². The number of anilines is 1. The molecule has 0 radical (unpaired) electrons. The molecule has 0 aliphatic carbocycles. The summed E-state index contributed by atoms with van der Waals surface area (Å²) in [5, 5.41) is 0. The van der Waals surface area contributed by atoms with Crippen molar-refractivity contribution < 1.29 is 19.2 Å². The lowest BCUT2D eigenvalue weighted by Crippen LogP contribution is -3.15. The maximum absolute atomic E-state index is 12.8. The van der Waals surface area contributed by atoms with Crippen LogP contribution >= 0.6 is 0 Å². The van der Waals surface area contributed by atoms with Crippen LogP contribution in [0.2, 0.25) is 0 Å². The predicted molar refractivity (Wildman–Crippen MR) is 125 cm³/mol. The summed E-state index contributed by atoms with van der Waals surface area (Å²) in [6.45, 7) is 9.95. The lowest BCUT2D eigenvalue weighted by atomic mass is 9.98. The number of rotatable bonds is 9. The Labute approximate surface area is 192 Å². The number of fused-ring (bicyclic) bond motifs is 1. The number of ether oxygens (including phenoxy) is 1. The fourth-order valence-corrected chi connectivity index (χ4v) is 5.22. The number of carbonyl (C=O) groups excluding carboxylic acids is 2. The van der Waals surface area contributed by atoms with Crippen molar-refractivity contribution >= 4 is 17.5 Å². The van der Waals surface area contributed by atoms with Crippen molar-refractivity contribution in [2.24, 2.45) is 0 Å². The van der Waals surface area contributed by atoms with Crippen LogP contribution < -0.4 is 14.5 Å². The van der Waals surface area contributed by atoms with Crippen molar-refractivity contribution in [3.8, 4) is 5.75 Å². The van der Waals surface area contributed by atoms with Gasteiger partial charge >= 0.3 is 0 Å². The van der Waals surface area contributed by atoms with E-state index in [1.807, 2.05) is 15.9 Å². The van der Waals surface area contributed by atoms with Gasteiger partial charge < -0.3 is 24.3 Å². The number of hydrogen-bond acceptors (Lipinski definition) is 4. The molecule has 7 heteroatoms. The molecular formula is C25H39N4O3+. The van der Waals surface area contributed by atoms with Gasteiger partial charge in [0.15, 0.2) is 0 Å². The number of piperidine rings is 1. The zero-order valence-corrected chi connectivity index (χ0v) is 19.6. The zero-order valence-electron chi connectivity index (χ0n) is 19.6. The van der Waals surface area contributed by atoms with Gasteiger partial charge in [-0.15, -0.1) is 0 Å². The summed E-state index contributed by atoms with van der Waals surface area (Å²) in [6.07, 6.45) is 6.08. The molecule has 1 atom stereocenters. The molecule has 32 heavy (non-hydrogen) atoms. The normalized spacial score (nSPS) is 22.3. The van der Waals surface area contributed by atoms with E-state index in [0.717, 1.165) is 90.1 Å². The summed E-state index contributed by atoms with van der Waals surface area (Å²) in [6, 6.07) is 8.19. The molecule has 3 aliphatic heterocycles. The van der Waals surface area contributed by atoms with Crippen molar-refractivity contribution in [3.63, 3.8) is 0 Å². The molecule has 1 aromatic carbocycles. The Balaban J connectivity index is 1.22. The molecule has 0 bridgehead atoms. The van der Waals surface area contributed by atoms with Crippen LogP contribution in [-0.4, -0.2) is 86.6 Å². The van der Waals surface area contributed by atoms with E-state index in [2.05, 4.69) is 30.0 Å². The van der Waals surface area contributed by atoms with Gasteiger partial charge in [-0.25, -0.2) is 0 Å². The van der Waals surface area contributed by atoms with Gasteiger partial charge in [0.25, 0.3) is 0 Å². The minimum absolute atomic E-state index is 0.134. The average molecular weight is 444 g/mol. The van der Waals surface area contributed by atoms with Gasteiger partial charge in [0.1, 0.15) is 11.8 Å². The molecule has 3 fully saturated rings. The molecule has 3 heterocycles. The Hall–Kier alpha value is -2.28. The summed E-state index contributed by atoms with van der Waals surface area (Å²) in [7, 11) is 0. The van der Waals surface area contributed by atoms with Gasteiger partial charge in [0.05, 0.1) is 51.6 Å². The number of benzene rings is 1. The second-order valence-electron chi connectivity index (χ2n) is 9.37. The van der Waals surface area contributed by atoms with Crippen LogP contribution in [0.15, 0.2) is 24.3 Å². The SMILES string of the molecule is CCCCOc1ccccc1N1CC[NH+](CCCN2CC(=O)N3CCCC[C@@H]3C2=O)CC1. The second kappa shape index (κ2) is 11.0. The number of para-hydroxylation sites is 2. The average Bonchev–Trinajstić information content (AvgIpc) is 2.83. The monoisotopic (exact) mass is 443 g/mol. The van der Waals surface area contributed by atoms with Gasteiger partial charge in [-0.05, 0) is 37.8 Å². The van der Waals surface area contributed by atoms with Crippen molar-refractivity contribution in [1.82, 2.24) is 9.80 Å². The van der Waals surface area contributed by atoms with Crippen molar-refractivity contribution in [2.45, 2.75) is 51.5 Å². The van der Waals surface area contributed by atoms with E-state index in [0.29, 0.717) is 6.54 Å². The Kier molecular flexibility index (Phi) is 7.90. The molecule has 0 aromatic heterocycles. The molecule has 3 saturated heterocycles. The molecule has 4 rings (SSSR count). The lowest BCUT2D eigenvalue weighted by molar-refractivity contribution is -0.900. The molecule has 1 N–H and O–H groups in total. The zero-order chi connectivity index (χ0) is 22.3. The predicted octanol–water partition coefficient (Wildman–Crippen LogP) is 1.18. The van der Waals surface area contributed by atoms with Gasteiger partial charge in [-0.3, -0.25) is 9.59 Å². The summed E-state index contributed by atoms with van der Waals surface area (Å²) in [5.41, 5.74) is 1.21. The third-order valence-electron chi connectivity index (χ3n) is 7.14. The number of nitrogens with zero attached hydrogens (tertiary/aromatic N) is 3. The Bertz CT molecular complexity index is 778. The van der Waals surface area contributed by atoms with Crippen LogP contribution in [0.5, 0.6) is 5.75 Å². The highest BCUT2D eigenvalue weighted by Crippen LogP contribution is 2.28. The molecule has 0 saturated carbocycles. The summed E-state index contributed by atoms with van der Waals surface area (Å²) in [5.74, 6) is 1.30. The van der Waals surface area contributed by atoms with Crippen LogP contribution in [0.3, 0.4) is 0 Å². The van der Waals surface area contributed by atoms with E-state index < -0.39 is 0 Å². The van der Waals surface area contributed by atoms with Gasteiger partial charge in [0.2, 0.25) is 11.8 Å². The fourth-order valence-electron chi connectivity index (χ4n) is 5.22. The third kappa shape index (κ3) is 5.37. The van der Waals surface area contributed by atoms with Crippen LogP contribution in [0, 0.1) is 0 Å². The van der Waals surface area contributed by atoms with Crippen LogP contribution in [0.4, 0.5) is 5.69 Å². The highest BCUT2D eigenvalue weighted by molar-refractivity contribution is 5.95. The first kappa shape index (κ1) is 22.9. The number of unbranched alkanes of at least 4 members (excludes halogenated alkanes) is 1. The Morgan fingerprint density at radius 3 is 2.69 bits per heavy atom. The molecule has 1 aromatic rings. The van der Waals surface area contributed by atoms with E-state index in [1.165, 1.54) is 5.69 Å². The quantitative estimate of drug-likeness (QED) is 0.583. The van der Waals surface area contributed by atoms with Gasteiger partial charge in [-0.2, -0.15) is 0 Å². The highest BCUT2D eigenvalue weighted by atomic mass is 16.5. The number of piperazine rings is 2. The number of nitrogens with one attached hydrogen (secondary N) is 1. The van der Waals surface area contributed by atoms with Gasteiger partial charge in [0, 0.05) is 19.5 Å². The lowest BCUT2D eigenvalue weighted by Gasteiger charge is -2.42. The number of quaternary nitrogens is 1. The first-order valence-corrected chi connectivity index (χ1v) is 12.6. The van der Waals surface area contributed by atoms with E-state index in [1.54, 1.807) is 4.90 Å². The van der Waals surface area contributed by atoms with Crippen LogP contribution in [-0.2, 0) is 9.59 Å². The standard InChI is InChI=1S/C25H38N4O3/c1-2-3-19-32-23-11-5-4-9-21(23)27-17-15-26(16-18-27)12-8-13-28-20-24(30)29-14-7-6-10-22(29)25(28)31/h4-5,9,11,22H,2-3,6-8,10,12-20H2,1H3/p+1/t22-/m1/s1. The fraction of sp³-hybridized carbons (Fsp3) is 0.680. The molecule has 176 valence electrons. The largest absolute Gasteiger partial charge is 0.491 e. The second-order valence-corrected chi connectivity index (χ2v) is 9.37. The topological polar surface area (TPSA) is 57.5 Å². The summed E-state index contributed by atoms with van der Waals surface area (Å²) >= 11 is 0. The summed E-state index contributed by atoms with van der Waals surface area (Å²) < 4.78 is 6.03. The van der Waals surface area contributed by atoms with Crippen molar-refractivity contribution in [1.29, 1.82) is 0 Å². The minimum Gasteiger partial charge on any atom is -0.491 e. The molecule has 0 spiro atoms. The molecule has 2 amide bonds. The first-order valence-electron chi connectivity index (χ1n) is 12.6. The Morgan fingerprint density at radius 2 is 1.88 bits per heavy atom. The highest BCUT2D eigenvalue weighted by Gasteiger charge is 2.40. The van der Waals surface area contributed by atoms with E-state index >= 15 is 0 Å². The number of carbonyl (C=O) groups is 2. The third-order valence-corrected chi connectivity index (χ3v) is 7.14. The van der Waals surface area contributed by atoms with Crippen LogP contribution in [0.25, 0.3) is 0 Å². The first-order chi connectivity index (χ1) is 15.7.